The van der Waals surface area contributed by atoms with Crippen LogP contribution in [0, 0.1) is 0 Å². The molecule has 1 heterocycles. The number of nitrogens with zero attached hydrogens (tertiary/aromatic N) is 1. The van der Waals surface area contributed by atoms with E-state index in [1.807, 2.05) is 30.3 Å². The third kappa shape index (κ3) is 6.37. The molecule has 2 aromatic carbocycles. The van der Waals surface area contributed by atoms with E-state index in [1.165, 1.54) is 11.3 Å². The van der Waals surface area contributed by atoms with Crippen molar-refractivity contribution < 1.29 is 14.3 Å². The van der Waals surface area contributed by atoms with Crippen LogP contribution in [0.2, 0.25) is 5.02 Å². The summed E-state index contributed by atoms with van der Waals surface area (Å²) < 4.78 is 5.75. The van der Waals surface area contributed by atoms with Crippen molar-refractivity contribution in [3.63, 3.8) is 0 Å². The fourth-order valence-corrected chi connectivity index (χ4v) is 3.00. The van der Waals surface area contributed by atoms with Crippen LogP contribution >= 0.6 is 22.9 Å². The Morgan fingerprint density at radius 1 is 1.04 bits per heavy atom. The lowest BCUT2D eigenvalue weighted by molar-refractivity contribution is -0.121. The molecule has 28 heavy (non-hydrogen) atoms. The second-order valence-corrected chi connectivity index (χ2v) is 7.21. The number of hydrogen-bond acceptors (Lipinski definition) is 5. The molecule has 0 unspecified atom stereocenters. The fourth-order valence-electron chi connectivity index (χ4n) is 2.33. The quantitative estimate of drug-likeness (QED) is 0.557. The number of thiazole rings is 1. The number of benzene rings is 2. The maximum Gasteiger partial charge on any atom is 0.226 e. The minimum absolute atomic E-state index is 0.0765. The molecule has 0 atom stereocenters. The van der Waals surface area contributed by atoms with Crippen LogP contribution in [0.25, 0.3) is 0 Å². The molecule has 0 fully saturated rings. The van der Waals surface area contributed by atoms with Gasteiger partial charge < -0.3 is 15.4 Å². The molecule has 0 aliphatic carbocycles. The monoisotopic (exact) mass is 415 g/mol. The largest absolute Gasteiger partial charge is 0.489 e. The maximum atomic E-state index is 12.1. The Kier molecular flexibility index (Phi) is 7.00. The molecule has 0 spiro atoms. The van der Waals surface area contributed by atoms with Gasteiger partial charge in [0.15, 0.2) is 5.13 Å². The number of anilines is 2. The Hall–Kier alpha value is -2.90. The Balaban J connectivity index is 1.46. The first-order chi connectivity index (χ1) is 13.6. The molecular formula is C20H18ClN3O3S. The lowest BCUT2D eigenvalue weighted by atomic mass is 10.2. The van der Waals surface area contributed by atoms with Gasteiger partial charge in [-0.05, 0) is 29.8 Å². The highest BCUT2D eigenvalue weighted by molar-refractivity contribution is 7.13. The molecule has 0 aliphatic heterocycles. The summed E-state index contributed by atoms with van der Waals surface area (Å²) in [5.74, 6) is 0.142. The van der Waals surface area contributed by atoms with E-state index in [0.29, 0.717) is 28.2 Å². The van der Waals surface area contributed by atoms with E-state index in [0.717, 1.165) is 5.56 Å². The summed E-state index contributed by atoms with van der Waals surface area (Å²) in [6, 6.07) is 14.5. The minimum Gasteiger partial charge on any atom is -0.489 e. The molecule has 0 radical (unpaired) electrons. The molecule has 0 saturated carbocycles. The van der Waals surface area contributed by atoms with Crippen LogP contribution in [0.1, 0.15) is 18.4 Å². The smallest absolute Gasteiger partial charge is 0.226 e. The van der Waals surface area contributed by atoms with Crippen molar-refractivity contribution in [1.82, 2.24) is 4.98 Å². The van der Waals surface area contributed by atoms with Gasteiger partial charge in [-0.25, -0.2) is 4.98 Å². The second-order valence-electron chi connectivity index (χ2n) is 5.88. The zero-order valence-corrected chi connectivity index (χ0v) is 16.4. The predicted octanol–water partition coefficient (Wildman–Crippen LogP) is 4.73. The van der Waals surface area contributed by atoms with Gasteiger partial charge in [-0.3, -0.25) is 9.59 Å². The Morgan fingerprint density at radius 2 is 1.79 bits per heavy atom. The summed E-state index contributed by atoms with van der Waals surface area (Å²) >= 11 is 7.20. The molecule has 6 nitrogen and oxygen atoms in total. The summed E-state index contributed by atoms with van der Waals surface area (Å²) in [5.41, 5.74) is 1.60. The molecule has 0 aliphatic rings. The number of halogens is 1. The molecule has 0 saturated heterocycles. The predicted molar refractivity (Wildman–Crippen MR) is 111 cm³/mol. The van der Waals surface area contributed by atoms with Crippen molar-refractivity contribution in [3.8, 4) is 5.75 Å². The number of rotatable bonds is 8. The zero-order valence-electron chi connectivity index (χ0n) is 14.9. The zero-order chi connectivity index (χ0) is 19.8. The summed E-state index contributed by atoms with van der Waals surface area (Å²) in [6.45, 7) is 0.394. The molecule has 3 rings (SSSR count). The molecule has 0 bridgehead atoms. The van der Waals surface area contributed by atoms with Crippen molar-refractivity contribution >= 4 is 45.6 Å². The van der Waals surface area contributed by atoms with E-state index in [1.54, 1.807) is 29.8 Å². The number of ether oxygens (including phenoxy) is 1. The average Bonchev–Trinajstić information content (AvgIpc) is 3.19. The van der Waals surface area contributed by atoms with Crippen LogP contribution in [-0.2, 0) is 16.2 Å². The summed E-state index contributed by atoms with van der Waals surface area (Å²) in [5, 5.41) is 8.39. The van der Waals surface area contributed by atoms with Crippen LogP contribution in [-0.4, -0.2) is 16.8 Å². The molecule has 3 aromatic rings. The summed E-state index contributed by atoms with van der Waals surface area (Å²) in [4.78, 5) is 27.9. The van der Waals surface area contributed by atoms with Gasteiger partial charge in [-0.1, -0.05) is 29.8 Å². The van der Waals surface area contributed by atoms with Gasteiger partial charge in [0.25, 0.3) is 0 Å². The molecule has 2 N–H and O–H groups in total. The van der Waals surface area contributed by atoms with Crippen LogP contribution in [0.5, 0.6) is 5.75 Å². The first kappa shape index (κ1) is 19.9. The third-order valence-corrected chi connectivity index (χ3v) is 4.63. The van der Waals surface area contributed by atoms with Crippen LogP contribution < -0.4 is 15.4 Å². The number of hydrogen-bond donors (Lipinski definition) is 2. The number of carbonyl (C=O) groups is 2. The number of aromatic nitrogens is 1. The highest BCUT2D eigenvalue weighted by Crippen LogP contribution is 2.19. The van der Waals surface area contributed by atoms with Crippen molar-refractivity contribution in [2.24, 2.45) is 0 Å². The van der Waals surface area contributed by atoms with Crippen LogP contribution in [0.4, 0.5) is 10.8 Å². The van der Waals surface area contributed by atoms with Crippen molar-refractivity contribution in [2.45, 2.75) is 19.4 Å². The van der Waals surface area contributed by atoms with Gasteiger partial charge in [-0.2, -0.15) is 0 Å². The highest BCUT2D eigenvalue weighted by atomic mass is 35.5. The van der Waals surface area contributed by atoms with E-state index in [-0.39, 0.29) is 24.7 Å². The molecule has 8 heteroatoms. The fraction of sp³-hybridized carbons (Fsp3) is 0.150. The highest BCUT2D eigenvalue weighted by Gasteiger charge is 2.09. The molecule has 144 valence electrons. The molecular weight excluding hydrogens is 398 g/mol. The number of amides is 2. The van der Waals surface area contributed by atoms with E-state index in [9.17, 15) is 9.59 Å². The van der Waals surface area contributed by atoms with E-state index >= 15 is 0 Å². The van der Waals surface area contributed by atoms with Crippen molar-refractivity contribution in [3.05, 3.63) is 70.7 Å². The average molecular weight is 416 g/mol. The third-order valence-electron chi connectivity index (χ3n) is 3.69. The Bertz CT molecular complexity index is 930. The standard InChI is InChI=1S/C20H18ClN3O3S/c21-15-6-4-14(5-7-15)13-27-17-3-1-2-16(12-17)23-18(25)8-9-19(26)24-20-22-10-11-28-20/h1-7,10-12H,8-9,13H2,(H,23,25)(H,22,24,26). The first-order valence-corrected chi connectivity index (χ1v) is 9.81. The second kappa shape index (κ2) is 9.87. The summed E-state index contributed by atoms with van der Waals surface area (Å²) in [7, 11) is 0. The van der Waals surface area contributed by atoms with E-state index in [2.05, 4.69) is 15.6 Å². The number of nitrogens with one attached hydrogen (secondary N) is 2. The SMILES string of the molecule is O=C(CCC(=O)Nc1nccs1)Nc1cccc(OCc2ccc(Cl)cc2)c1. The maximum absolute atomic E-state index is 12.1. The normalized spacial score (nSPS) is 10.3. The van der Waals surface area contributed by atoms with Crippen molar-refractivity contribution in [1.29, 1.82) is 0 Å². The topological polar surface area (TPSA) is 80.3 Å². The molecule has 1 aromatic heterocycles. The Morgan fingerprint density at radius 3 is 2.50 bits per heavy atom. The number of carbonyl (C=O) groups excluding carboxylic acids is 2. The van der Waals surface area contributed by atoms with Gasteiger partial charge in [0.1, 0.15) is 12.4 Å². The molecule has 2 amide bonds. The lowest BCUT2D eigenvalue weighted by Crippen LogP contribution is -2.17. The minimum atomic E-state index is -0.246. The van der Waals surface area contributed by atoms with E-state index < -0.39 is 0 Å². The van der Waals surface area contributed by atoms with Crippen LogP contribution in [0.15, 0.2) is 60.1 Å². The van der Waals surface area contributed by atoms with Gasteiger partial charge in [0.05, 0.1) is 0 Å². The van der Waals surface area contributed by atoms with Gasteiger partial charge in [0.2, 0.25) is 11.8 Å². The Labute approximate surface area is 171 Å². The van der Waals surface area contributed by atoms with Crippen molar-refractivity contribution in [2.75, 3.05) is 10.6 Å². The van der Waals surface area contributed by atoms with Gasteiger partial charge >= 0.3 is 0 Å². The van der Waals surface area contributed by atoms with Gasteiger partial charge in [0, 0.05) is 41.2 Å². The summed E-state index contributed by atoms with van der Waals surface area (Å²) in [6.07, 6.45) is 1.76. The van der Waals surface area contributed by atoms with Crippen LogP contribution in [0.3, 0.4) is 0 Å². The lowest BCUT2D eigenvalue weighted by Gasteiger charge is -2.09. The first-order valence-electron chi connectivity index (χ1n) is 8.55. The van der Waals surface area contributed by atoms with E-state index in [4.69, 9.17) is 16.3 Å². The van der Waals surface area contributed by atoms with Gasteiger partial charge in [-0.15, -0.1) is 11.3 Å².